The zero-order valence-corrected chi connectivity index (χ0v) is 53.4. The second-order valence-electron chi connectivity index (χ2n) is 22.0. The maximum Gasteiger partial charge on any atom is 0.405 e. The molecule has 4 atom stereocenters. The molecule has 0 aromatic carbocycles. The van der Waals surface area contributed by atoms with E-state index in [1.807, 2.05) is 16.0 Å². The third kappa shape index (κ3) is 17.5. The highest BCUT2D eigenvalue weighted by Crippen LogP contribution is 2.34. The van der Waals surface area contributed by atoms with Crippen molar-refractivity contribution in [1.29, 1.82) is 0 Å². The number of rotatable bonds is 13. The van der Waals surface area contributed by atoms with E-state index in [1.54, 1.807) is 47.8 Å². The van der Waals surface area contributed by atoms with Crippen LogP contribution >= 0.6 is 34.8 Å². The second-order valence-corrected chi connectivity index (χ2v) is 25.3. The average molecular weight is 1450 g/mol. The molecule has 97 heavy (non-hydrogen) atoms. The highest BCUT2D eigenvalue weighted by molar-refractivity contribution is 7.88. The molecule has 1 unspecified atom stereocenters. The van der Waals surface area contributed by atoms with Gasteiger partial charge in [0.05, 0.1) is 34.0 Å². The number of aromatic amines is 3. The fourth-order valence-electron chi connectivity index (χ4n) is 10.8. The number of hydrogen-bond acceptors (Lipinski definition) is 19. The third-order valence-electron chi connectivity index (χ3n) is 15.2. The van der Waals surface area contributed by atoms with Crippen LogP contribution in [0.15, 0.2) is 92.2 Å². The molecule has 0 spiro atoms. The Hall–Kier alpha value is -9.30. The van der Waals surface area contributed by atoms with Crippen molar-refractivity contribution in [2.75, 3.05) is 86.4 Å². The van der Waals surface area contributed by atoms with E-state index in [9.17, 15) is 72.2 Å². The lowest BCUT2D eigenvalue weighted by atomic mass is 10.1. The van der Waals surface area contributed by atoms with Gasteiger partial charge in [0.25, 0.3) is 0 Å². The molecule has 7 N–H and O–H groups in total. The summed E-state index contributed by atoms with van der Waals surface area (Å²) < 4.78 is 138. The standard InChI is InChI=1S/C20H19ClF3N7O2.C19H19ClF3N7O3S.C18H16ClF3N6O2.4H2/c1-11(32)30-4-5-31(15(9-30)19(33)28-10-20(22,23)24)16-2-3-25-18(29-16)14-8-27-17-13(14)6-12(21)7-26-17;1-34(32,33)29-4-5-30(14(9-29)18(31)27-10-19(21,22)23)15-2-3-24-17(28-15)13-8-26-16-12(13)6-11(20)7-25-16;19-9-3-11-12(6-25-15(11)24-5-9)16-23-2-1-14(27-16)28-7-10(29)4-13(28)17(30)26-8-18(20,21)22;;;;/h2-3,6-8,15H,4-5,9-10H2,1H3,(H,26,27)(H,28,33);2-3,6-8,14H,4-5,9-10H2,1H3,(H,25,26)(H,27,31);1-3,5-6,10,13,29H,4,7-8H2,(H,24,25)(H,26,30);4*1H/t15-;14-;10?,13-;;;;/m001..../s1. The number of piperazine rings is 2. The lowest BCUT2D eigenvalue weighted by molar-refractivity contribution is -0.140. The van der Waals surface area contributed by atoms with Crippen LogP contribution in [0.5, 0.6) is 0 Å². The fourth-order valence-corrected chi connectivity index (χ4v) is 12.1. The van der Waals surface area contributed by atoms with Crippen molar-refractivity contribution in [3.05, 3.63) is 107 Å². The molecule has 0 bridgehead atoms. The van der Waals surface area contributed by atoms with Crippen LogP contribution in [0.2, 0.25) is 15.1 Å². The highest BCUT2D eigenvalue weighted by atomic mass is 35.5. The Kier molecular flexibility index (Phi) is 20.9. The summed E-state index contributed by atoms with van der Waals surface area (Å²) in [5, 5.41) is 19.0. The number of aliphatic hydroxyl groups excluding tert-OH is 1. The lowest BCUT2D eigenvalue weighted by Crippen LogP contribution is -2.60. The molecule has 0 saturated carbocycles. The predicted octanol–water partition coefficient (Wildman–Crippen LogP) is 7.47. The first-order valence-electron chi connectivity index (χ1n) is 28.9. The number of nitrogens with one attached hydrogen (secondary N) is 6. The summed E-state index contributed by atoms with van der Waals surface area (Å²) in [4.78, 5) is 103. The van der Waals surface area contributed by atoms with Crippen molar-refractivity contribution >= 4 is 119 Å². The van der Waals surface area contributed by atoms with Crippen LogP contribution in [-0.4, -0.2) is 221 Å². The molecule has 9 aromatic rings. The molecule has 3 fully saturated rings. The number of nitrogens with zero attached hydrogens (tertiary/aromatic N) is 14. The van der Waals surface area contributed by atoms with Gasteiger partial charge < -0.3 is 55.6 Å². The van der Waals surface area contributed by atoms with E-state index in [0.29, 0.717) is 94.7 Å². The van der Waals surface area contributed by atoms with E-state index < -0.39 is 90.1 Å². The van der Waals surface area contributed by atoms with Crippen molar-refractivity contribution in [2.45, 2.75) is 56.1 Å². The number of pyridine rings is 3. The summed E-state index contributed by atoms with van der Waals surface area (Å²) in [7, 11) is -3.67. The molecule has 27 nitrogen and oxygen atoms in total. The van der Waals surface area contributed by atoms with Crippen LogP contribution < -0.4 is 30.7 Å². The number of β-amino-alcohol motifs (C(OH)–C–C–N with tert-alkyl or cyclic N) is 1. The van der Waals surface area contributed by atoms with Crippen LogP contribution in [0.4, 0.5) is 57.0 Å². The van der Waals surface area contributed by atoms with Crippen LogP contribution in [0.1, 0.15) is 19.1 Å². The first-order chi connectivity index (χ1) is 45.7. The topological polar surface area (TPSA) is 338 Å². The summed E-state index contributed by atoms with van der Waals surface area (Å²) in [6.45, 7) is -2.85. The Balaban J connectivity index is 0.000000234. The average Bonchev–Trinajstić information content (AvgIpc) is 1.74. The van der Waals surface area contributed by atoms with Gasteiger partial charge in [-0.15, -0.1) is 0 Å². The number of alkyl halides is 9. The summed E-state index contributed by atoms with van der Waals surface area (Å²) >= 11 is 18.1. The number of hydrogen-bond donors (Lipinski definition) is 7. The van der Waals surface area contributed by atoms with Gasteiger partial charge in [-0.25, -0.2) is 53.3 Å². The van der Waals surface area contributed by atoms with Crippen molar-refractivity contribution in [1.82, 2.24) is 85.0 Å². The number of H-pyrrole nitrogens is 3. The number of fused-ring (bicyclic) bond motifs is 3. The van der Waals surface area contributed by atoms with Gasteiger partial charge in [0, 0.05) is 147 Å². The molecule has 0 aliphatic carbocycles. The van der Waals surface area contributed by atoms with Gasteiger partial charge in [-0.3, -0.25) is 19.2 Å². The van der Waals surface area contributed by atoms with Gasteiger partial charge in [0.2, 0.25) is 33.7 Å². The SMILES string of the molecule is CC(=O)N1CCN(c2ccnc(-c3c[nH]c4ncc(Cl)cc34)n2)[C@H](C(=O)NCC(F)(F)F)C1.CS(=O)(=O)N1CCN(c2ccnc(-c3c[nH]c4ncc(Cl)cc34)n2)[C@H](C(=O)NCC(F)(F)F)C1.O=C(NCC(F)(F)F)[C@H]1CC(O)CN1c1ccnc(-c2c[nH]c3ncc(Cl)cc23)n1.[HH].[HH].[HH].[HH]. The number of carbonyl (C=O) groups is 4. The zero-order chi connectivity index (χ0) is 69.9. The number of carbonyl (C=O) groups excluding carboxylic acids is 4. The molecule has 3 aliphatic heterocycles. The quantitative estimate of drug-likeness (QED) is 0.0550. The minimum absolute atomic E-state index is 0. The van der Waals surface area contributed by atoms with Gasteiger partial charge in [0.1, 0.15) is 72.2 Å². The van der Waals surface area contributed by atoms with Gasteiger partial charge in [-0.1, -0.05) is 34.8 Å². The molecule has 12 rings (SSSR count). The maximum atomic E-state index is 12.7. The van der Waals surface area contributed by atoms with Crippen LogP contribution in [0, 0.1) is 0 Å². The number of amides is 4. The van der Waals surface area contributed by atoms with Crippen LogP contribution in [0.25, 0.3) is 67.3 Å². The minimum Gasteiger partial charge on any atom is -0.391 e. The lowest BCUT2D eigenvalue weighted by Gasteiger charge is -2.40. The number of sulfonamides is 1. The number of aliphatic hydroxyl groups is 1. The molecule has 3 aliphatic rings. The first-order valence-corrected chi connectivity index (χ1v) is 31.8. The number of aromatic nitrogens is 12. The van der Waals surface area contributed by atoms with Crippen LogP contribution in [0.3, 0.4) is 0 Å². The Morgan fingerprint density at radius 1 is 0.546 bits per heavy atom. The number of anilines is 3. The molecule has 3 saturated heterocycles. The van der Waals surface area contributed by atoms with Crippen molar-refractivity contribution in [3.8, 4) is 34.2 Å². The summed E-state index contributed by atoms with van der Waals surface area (Å²) in [5.41, 5.74) is 3.56. The second kappa shape index (κ2) is 28.8. The fraction of sp³-hybridized carbons (Fsp3) is 0.351. The molecule has 4 amide bonds. The van der Waals surface area contributed by atoms with Gasteiger partial charge >= 0.3 is 18.5 Å². The summed E-state index contributed by atoms with van der Waals surface area (Å²) in [6, 6.07) is 6.45. The van der Waals surface area contributed by atoms with Gasteiger partial charge in [0.15, 0.2) is 17.5 Å². The molecule has 9 aromatic heterocycles. The van der Waals surface area contributed by atoms with E-state index in [1.165, 1.54) is 70.9 Å². The monoisotopic (exact) mass is 1450 g/mol. The highest BCUT2D eigenvalue weighted by Gasteiger charge is 2.42. The van der Waals surface area contributed by atoms with Crippen molar-refractivity contribution in [2.24, 2.45) is 0 Å². The molecular formula is C57H62Cl3F9N20O7S. The van der Waals surface area contributed by atoms with Crippen molar-refractivity contribution < 1.29 is 77.9 Å². The molecule has 12 heterocycles. The Labute approximate surface area is 563 Å². The Bertz CT molecular complexity index is 4530. The van der Waals surface area contributed by atoms with E-state index in [4.69, 9.17) is 34.8 Å². The minimum atomic E-state index is -4.61. The largest absolute Gasteiger partial charge is 0.405 e. The Morgan fingerprint density at radius 2 is 0.907 bits per heavy atom. The molecule has 0 radical (unpaired) electrons. The zero-order valence-electron chi connectivity index (χ0n) is 50.3. The third-order valence-corrected chi connectivity index (χ3v) is 17.1. The van der Waals surface area contributed by atoms with Gasteiger partial charge in [-0.05, 0) is 36.4 Å². The molecule has 522 valence electrons. The van der Waals surface area contributed by atoms with E-state index in [0.717, 1.165) is 10.6 Å². The van der Waals surface area contributed by atoms with Crippen LogP contribution in [-0.2, 0) is 29.2 Å². The smallest absolute Gasteiger partial charge is 0.391 e. The molecule has 40 heteroatoms. The van der Waals surface area contributed by atoms with Crippen molar-refractivity contribution in [3.63, 3.8) is 0 Å². The molecular weight excluding hydrogens is 1390 g/mol. The van der Waals surface area contributed by atoms with Gasteiger partial charge in [-0.2, -0.15) is 43.8 Å². The first kappa shape index (κ1) is 70.5. The van der Waals surface area contributed by atoms with E-state index in [2.05, 4.69) is 59.8 Å². The Morgan fingerprint density at radius 3 is 1.28 bits per heavy atom. The maximum absolute atomic E-state index is 12.7. The normalized spacial score (nSPS) is 18.0. The predicted molar refractivity (Wildman–Crippen MR) is 345 cm³/mol. The summed E-state index contributed by atoms with van der Waals surface area (Å²) in [6.07, 6.45) is 0.288. The van der Waals surface area contributed by atoms with E-state index in [-0.39, 0.29) is 68.9 Å². The number of halogens is 12. The summed E-state index contributed by atoms with van der Waals surface area (Å²) in [5.74, 6) is -1.07. The van der Waals surface area contributed by atoms with E-state index >= 15 is 0 Å².